The third-order valence-electron chi connectivity index (χ3n) is 6.04. The maximum atomic E-state index is 14.3. The van der Waals surface area contributed by atoms with Crippen LogP contribution >= 0.6 is 0 Å². The first kappa shape index (κ1) is 26.0. The van der Waals surface area contributed by atoms with Gasteiger partial charge in [0.2, 0.25) is 0 Å². The van der Waals surface area contributed by atoms with Crippen LogP contribution < -0.4 is 16.4 Å². The predicted molar refractivity (Wildman–Crippen MR) is 129 cm³/mol. The number of rotatable bonds is 5. The zero-order valence-corrected chi connectivity index (χ0v) is 20.0. The molecule has 2 amide bonds. The van der Waals surface area contributed by atoms with E-state index >= 15 is 0 Å². The van der Waals surface area contributed by atoms with Crippen molar-refractivity contribution in [3.8, 4) is 11.1 Å². The molecule has 0 aliphatic carbocycles. The Bertz CT molecular complexity index is 1460. The van der Waals surface area contributed by atoms with E-state index in [1.165, 1.54) is 6.33 Å². The number of fused-ring (bicyclic) bond motifs is 1. The van der Waals surface area contributed by atoms with Gasteiger partial charge in [0, 0.05) is 17.4 Å². The Balaban J connectivity index is 1.60. The smallest absolute Gasteiger partial charge is 0.308 e. The Labute approximate surface area is 208 Å². The number of nitrogens with zero attached hydrogens (tertiary/aromatic N) is 3. The van der Waals surface area contributed by atoms with E-state index in [-0.39, 0.29) is 0 Å². The van der Waals surface area contributed by atoms with Crippen LogP contribution in [-0.2, 0) is 11.6 Å². The van der Waals surface area contributed by atoms with E-state index in [0.717, 1.165) is 11.1 Å². The molecule has 0 aliphatic rings. The number of alkyl halides is 4. The number of anilines is 2. The number of amides is 2. The van der Waals surface area contributed by atoms with Gasteiger partial charge < -0.3 is 16.4 Å². The quantitative estimate of drug-likeness (QED) is 0.222. The summed E-state index contributed by atoms with van der Waals surface area (Å²) in [7, 11) is 0. The first-order chi connectivity index (χ1) is 17.3. The van der Waals surface area contributed by atoms with E-state index < -0.39 is 41.0 Å². The minimum absolute atomic E-state index is 0.303. The number of benzene rings is 2. The molecule has 0 bridgehead atoms. The number of aryl methyl sites for hydroxylation is 1. The van der Waals surface area contributed by atoms with E-state index in [2.05, 4.69) is 20.7 Å². The van der Waals surface area contributed by atoms with E-state index in [9.17, 15) is 26.7 Å². The van der Waals surface area contributed by atoms with Gasteiger partial charge in [-0.1, -0.05) is 26.0 Å². The average Bonchev–Trinajstić information content (AvgIpc) is 3.15. The van der Waals surface area contributed by atoms with Crippen LogP contribution in [0.3, 0.4) is 0 Å². The monoisotopic (exact) mass is 518 g/mol. The van der Waals surface area contributed by atoms with Crippen molar-refractivity contribution in [2.45, 2.75) is 38.7 Å². The van der Waals surface area contributed by atoms with Crippen LogP contribution in [-0.4, -0.2) is 26.9 Å². The lowest BCUT2D eigenvalue weighted by molar-refractivity contribution is -0.137. The molecule has 1 atom stereocenters. The maximum absolute atomic E-state index is 14.3. The summed E-state index contributed by atoms with van der Waals surface area (Å²) in [6.45, 7) is 5.15. The van der Waals surface area contributed by atoms with Crippen molar-refractivity contribution in [1.82, 2.24) is 14.6 Å². The van der Waals surface area contributed by atoms with E-state index in [0.29, 0.717) is 40.7 Å². The molecule has 2 aromatic carbocycles. The highest BCUT2D eigenvalue weighted by Gasteiger charge is 2.34. The van der Waals surface area contributed by atoms with Gasteiger partial charge in [-0.05, 0) is 48.4 Å². The molecular weight excluding hydrogens is 495 g/mol. The number of nitrogens with two attached hydrogens (primary N) is 1. The molecular formula is C25H23F5N6O. The second kappa shape index (κ2) is 9.43. The Morgan fingerprint density at radius 3 is 2.38 bits per heavy atom. The van der Waals surface area contributed by atoms with Crippen LogP contribution in [0.4, 0.5) is 38.1 Å². The second-order valence-electron chi connectivity index (χ2n) is 9.06. The third kappa shape index (κ3) is 5.10. The molecule has 0 saturated carbocycles. The fourth-order valence-electron chi connectivity index (χ4n) is 3.90. The zero-order chi connectivity index (χ0) is 27.1. The largest absolute Gasteiger partial charge is 0.416 e. The number of nitrogens with one attached hydrogen (secondary N) is 2. The van der Waals surface area contributed by atoms with Crippen molar-refractivity contribution >= 4 is 22.9 Å². The van der Waals surface area contributed by atoms with E-state index in [4.69, 9.17) is 5.73 Å². The molecule has 0 radical (unpaired) electrons. The molecule has 1 unspecified atom stereocenters. The molecule has 194 valence electrons. The minimum Gasteiger partial charge on any atom is -0.308 e. The van der Waals surface area contributed by atoms with Crippen LogP contribution in [0, 0.1) is 12.7 Å². The fourth-order valence-corrected chi connectivity index (χ4v) is 3.90. The molecule has 4 aromatic rings. The van der Waals surface area contributed by atoms with Crippen LogP contribution in [0.1, 0.15) is 30.7 Å². The molecule has 37 heavy (non-hydrogen) atoms. The Morgan fingerprint density at radius 2 is 1.76 bits per heavy atom. The van der Waals surface area contributed by atoms with Crippen molar-refractivity contribution in [1.29, 1.82) is 0 Å². The highest BCUT2D eigenvalue weighted by atomic mass is 19.4. The predicted octanol–water partition coefficient (Wildman–Crippen LogP) is 6.04. The maximum Gasteiger partial charge on any atom is 0.416 e. The van der Waals surface area contributed by atoms with Gasteiger partial charge >= 0.3 is 12.2 Å². The van der Waals surface area contributed by atoms with Gasteiger partial charge in [0.05, 0.1) is 27.9 Å². The Hall–Kier alpha value is -4.06. The number of hydrogen-bond acceptors (Lipinski definition) is 4. The summed E-state index contributed by atoms with van der Waals surface area (Å²) >= 11 is 0. The molecule has 2 aromatic heterocycles. The van der Waals surface area contributed by atoms with E-state index in [1.54, 1.807) is 48.8 Å². The van der Waals surface area contributed by atoms with Gasteiger partial charge in [-0.3, -0.25) is 0 Å². The Kier molecular flexibility index (Phi) is 6.63. The molecule has 7 nitrogen and oxygen atoms in total. The van der Waals surface area contributed by atoms with Crippen LogP contribution in [0.15, 0.2) is 55.0 Å². The number of hydrogen-bond donors (Lipinski definition) is 3. The molecule has 0 fully saturated rings. The van der Waals surface area contributed by atoms with Crippen LogP contribution in [0.2, 0.25) is 0 Å². The number of halogens is 5. The highest BCUT2D eigenvalue weighted by Crippen LogP contribution is 2.37. The molecule has 0 spiro atoms. The summed E-state index contributed by atoms with van der Waals surface area (Å²) in [6.07, 6.45) is -3.26. The van der Waals surface area contributed by atoms with Gasteiger partial charge in [-0.15, -0.1) is 0 Å². The van der Waals surface area contributed by atoms with E-state index in [1.807, 2.05) is 6.92 Å². The number of aromatic nitrogens is 3. The number of carbonyl (C=O) groups excluding carboxylic acids is 1. The van der Waals surface area contributed by atoms with Crippen molar-refractivity contribution < 1.29 is 26.7 Å². The van der Waals surface area contributed by atoms with Crippen molar-refractivity contribution in [2.24, 2.45) is 5.73 Å². The highest BCUT2D eigenvalue weighted by molar-refractivity contribution is 6.00. The lowest BCUT2D eigenvalue weighted by atomic mass is 9.86. The minimum atomic E-state index is -4.69. The van der Waals surface area contributed by atoms with Gasteiger partial charge in [0.15, 0.2) is 6.30 Å². The van der Waals surface area contributed by atoms with Crippen molar-refractivity contribution in [2.75, 3.05) is 10.6 Å². The topological polar surface area (TPSA) is 97.3 Å². The molecule has 0 saturated heterocycles. The second-order valence-corrected chi connectivity index (χ2v) is 9.06. The third-order valence-corrected chi connectivity index (χ3v) is 6.04. The normalized spacial score (nSPS) is 13.0. The van der Waals surface area contributed by atoms with Gasteiger partial charge in [0.1, 0.15) is 12.1 Å². The molecule has 2 heterocycles. The van der Waals surface area contributed by atoms with Crippen LogP contribution in [0.25, 0.3) is 16.6 Å². The molecule has 4 N–H and O–H groups in total. The van der Waals surface area contributed by atoms with Crippen molar-refractivity contribution in [3.63, 3.8) is 0 Å². The standard InChI is InChI=1S/C25H23F5N6O/c1-13-11-36-20(21(32-12-33-36)24(2,3)22(27)31)19(13)14-4-7-16(8-5-14)34-23(37)35-18-10-15(25(28,29)30)6-9-17(18)26/h4-12,22H,31H2,1-3H3,(H2,34,35,37). The summed E-state index contributed by atoms with van der Waals surface area (Å²) in [5.74, 6) is -1.01. The molecule has 12 heteroatoms. The molecule has 4 rings (SSSR count). The van der Waals surface area contributed by atoms with Gasteiger partial charge in [-0.25, -0.2) is 23.1 Å². The lowest BCUT2D eigenvalue weighted by Crippen LogP contribution is -2.38. The van der Waals surface area contributed by atoms with Gasteiger partial charge in [0.25, 0.3) is 0 Å². The number of carbonyl (C=O) groups is 1. The van der Waals surface area contributed by atoms with Crippen molar-refractivity contribution in [3.05, 3.63) is 77.6 Å². The SMILES string of the molecule is Cc1cn2ncnc(C(C)(C)C(N)F)c2c1-c1ccc(NC(=O)Nc2cc(C(F)(F)F)ccc2F)cc1. The first-order valence-corrected chi connectivity index (χ1v) is 11.1. The Morgan fingerprint density at radius 1 is 1.08 bits per heavy atom. The first-order valence-electron chi connectivity index (χ1n) is 11.1. The van der Waals surface area contributed by atoms with Gasteiger partial charge in [-0.2, -0.15) is 18.3 Å². The summed E-state index contributed by atoms with van der Waals surface area (Å²) < 4.78 is 68.5. The zero-order valence-electron chi connectivity index (χ0n) is 20.0. The summed E-state index contributed by atoms with van der Waals surface area (Å²) in [5, 5.41) is 8.77. The average molecular weight is 518 g/mol. The summed E-state index contributed by atoms with van der Waals surface area (Å²) in [6, 6.07) is 7.33. The lowest BCUT2D eigenvalue weighted by Gasteiger charge is -2.26. The molecule has 0 aliphatic heterocycles. The summed E-state index contributed by atoms with van der Waals surface area (Å²) in [5.41, 5.74) is 6.37. The van der Waals surface area contributed by atoms with Crippen LogP contribution in [0.5, 0.6) is 0 Å². The fraction of sp³-hybridized carbons (Fsp3) is 0.240. The number of urea groups is 1. The summed E-state index contributed by atoms with van der Waals surface area (Å²) in [4.78, 5) is 16.6.